The van der Waals surface area contributed by atoms with Crippen LogP contribution in [0.3, 0.4) is 0 Å². The summed E-state index contributed by atoms with van der Waals surface area (Å²) in [5, 5.41) is 0. The van der Waals surface area contributed by atoms with Crippen molar-refractivity contribution in [2.75, 3.05) is 14.2 Å². The molecule has 4 heteroatoms. The normalized spacial score (nSPS) is 10.6. The predicted molar refractivity (Wildman–Crippen MR) is 87.1 cm³/mol. The van der Waals surface area contributed by atoms with Crippen LogP contribution in [0.4, 0.5) is 0 Å². The molecule has 0 aliphatic heterocycles. The molecule has 3 nitrogen and oxygen atoms in total. The van der Waals surface area contributed by atoms with E-state index in [9.17, 15) is 4.79 Å². The van der Waals surface area contributed by atoms with Crippen molar-refractivity contribution in [3.63, 3.8) is 0 Å². The van der Waals surface area contributed by atoms with Crippen LogP contribution in [0.1, 0.15) is 15.9 Å². The topological polar surface area (TPSA) is 35.5 Å². The van der Waals surface area contributed by atoms with Gasteiger partial charge in [0.05, 0.1) is 14.2 Å². The van der Waals surface area contributed by atoms with Crippen molar-refractivity contribution in [3.8, 4) is 11.5 Å². The second-order valence-electron chi connectivity index (χ2n) is 4.29. The molecule has 0 saturated heterocycles. The first-order chi connectivity index (χ1) is 10.2. The second-order valence-corrected chi connectivity index (χ2v) is 5.15. The molecule has 21 heavy (non-hydrogen) atoms. The number of allylic oxidation sites excluding steroid dienone is 1. The summed E-state index contributed by atoms with van der Waals surface area (Å²) in [6.07, 6.45) is 3.29. The largest absolute Gasteiger partial charge is 0.493 e. The molecule has 0 aromatic heterocycles. The monoisotopic (exact) mass is 346 g/mol. The van der Waals surface area contributed by atoms with E-state index in [1.807, 2.05) is 30.3 Å². The highest BCUT2D eigenvalue weighted by atomic mass is 79.9. The van der Waals surface area contributed by atoms with E-state index >= 15 is 0 Å². The number of carbonyl (C=O) groups is 1. The molecule has 0 spiro atoms. The fourth-order valence-electron chi connectivity index (χ4n) is 1.86. The van der Waals surface area contributed by atoms with Crippen LogP contribution in [0.15, 0.2) is 53.0 Å². The summed E-state index contributed by atoms with van der Waals surface area (Å²) in [7, 11) is 3.16. The van der Waals surface area contributed by atoms with Gasteiger partial charge in [0.1, 0.15) is 0 Å². The van der Waals surface area contributed by atoms with E-state index in [2.05, 4.69) is 15.9 Å². The van der Waals surface area contributed by atoms with Crippen LogP contribution in [0.25, 0.3) is 6.08 Å². The summed E-state index contributed by atoms with van der Waals surface area (Å²) in [6.45, 7) is 0. The third kappa shape index (κ3) is 3.73. The molecule has 0 amide bonds. The molecule has 0 radical (unpaired) electrons. The predicted octanol–water partition coefficient (Wildman–Crippen LogP) is 4.36. The van der Waals surface area contributed by atoms with Gasteiger partial charge in [-0.15, -0.1) is 0 Å². The maximum absolute atomic E-state index is 12.0. The van der Waals surface area contributed by atoms with Gasteiger partial charge in [0, 0.05) is 10.0 Å². The number of methoxy groups -OCH3 is 2. The van der Waals surface area contributed by atoms with Gasteiger partial charge in [-0.25, -0.2) is 0 Å². The summed E-state index contributed by atoms with van der Waals surface area (Å²) < 4.78 is 11.3. The Kier molecular flexibility index (Phi) is 5.17. The molecule has 0 atom stereocenters. The third-order valence-corrected chi connectivity index (χ3v) is 3.66. The molecule has 2 aromatic carbocycles. The quantitative estimate of drug-likeness (QED) is 0.595. The number of ketones is 1. The molecule has 2 rings (SSSR count). The molecule has 0 bridgehead atoms. The maximum atomic E-state index is 12.0. The smallest absolute Gasteiger partial charge is 0.185 e. The summed E-state index contributed by atoms with van der Waals surface area (Å²) in [6, 6.07) is 12.8. The van der Waals surface area contributed by atoms with Crippen molar-refractivity contribution in [2.45, 2.75) is 0 Å². The Morgan fingerprint density at radius 3 is 2.29 bits per heavy atom. The van der Waals surface area contributed by atoms with Crippen LogP contribution in [0.2, 0.25) is 0 Å². The number of ether oxygens (including phenoxy) is 2. The molecule has 0 unspecified atom stereocenters. The third-order valence-electron chi connectivity index (χ3n) is 2.98. The zero-order valence-electron chi connectivity index (χ0n) is 11.8. The average Bonchev–Trinajstić information content (AvgIpc) is 2.53. The molecule has 0 aliphatic rings. The Bertz CT molecular complexity index is 663. The van der Waals surface area contributed by atoms with Gasteiger partial charge in [-0.05, 0) is 29.8 Å². The zero-order chi connectivity index (χ0) is 15.2. The lowest BCUT2D eigenvalue weighted by molar-refractivity contribution is 0.104. The zero-order valence-corrected chi connectivity index (χ0v) is 13.4. The van der Waals surface area contributed by atoms with Crippen LogP contribution in [-0.4, -0.2) is 20.0 Å². The van der Waals surface area contributed by atoms with Crippen LogP contribution < -0.4 is 9.47 Å². The van der Waals surface area contributed by atoms with Crippen molar-refractivity contribution in [1.82, 2.24) is 0 Å². The number of halogens is 1. The Hall–Kier alpha value is -2.07. The van der Waals surface area contributed by atoms with Crippen molar-refractivity contribution in [2.24, 2.45) is 0 Å². The molecular formula is C17H15BrO3. The second kappa shape index (κ2) is 7.09. The van der Waals surface area contributed by atoms with Gasteiger partial charge in [-0.3, -0.25) is 4.79 Å². The molecular weight excluding hydrogens is 332 g/mol. The van der Waals surface area contributed by atoms with Crippen molar-refractivity contribution >= 4 is 27.8 Å². The summed E-state index contributed by atoms with van der Waals surface area (Å²) in [5.74, 6) is 1.21. The molecule has 0 fully saturated rings. The molecule has 0 aliphatic carbocycles. The van der Waals surface area contributed by atoms with Crippen molar-refractivity contribution in [1.29, 1.82) is 0 Å². The van der Waals surface area contributed by atoms with E-state index < -0.39 is 0 Å². The van der Waals surface area contributed by atoms with Crippen LogP contribution in [0, 0.1) is 0 Å². The fraction of sp³-hybridized carbons (Fsp3) is 0.118. The van der Waals surface area contributed by atoms with Gasteiger partial charge in [0.15, 0.2) is 17.3 Å². The Morgan fingerprint density at radius 2 is 1.67 bits per heavy atom. The van der Waals surface area contributed by atoms with E-state index in [1.165, 1.54) is 0 Å². The van der Waals surface area contributed by atoms with Crippen molar-refractivity contribution < 1.29 is 14.3 Å². The lowest BCUT2D eigenvalue weighted by atomic mass is 10.1. The first-order valence-electron chi connectivity index (χ1n) is 6.34. The molecule has 0 saturated carbocycles. The van der Waals surface area contributed by atoms with Crippen molar-refractivity contribution in [3.05, 3.63) is 64.1 Å². The first kappa shape index (κ1) is 15.3. The molecule has 108 valence electrons. The Labute approximate surface area is 132 Å². The highest BCUT2D eigenvalue weighted by molar-refractivity contribution is 9.10. The highest BCUT2D eigenvalue weighted by Gasteiger charge is 2.08. The summed E-state index contributed by atoms with van der Waals surface area (Å²) in [5.41, 5.74) is 1.50. The lowest BCUT2D eigenvalue weighted by Crippen LogP contribution is -1.94. The van der Waals surface area contributed by atoms with Gasteiger partial charge in [-0.1, -0.05) is 46.3 Å². The minimum atomic E-state index is -0.0442. The molecule has 2 aromatic rings. The first-order valence-corrected chi connectivity index (χ1v) is 7.14. The minimum Gasteiger partial charge on any atom is -0.493 e. The number of rotatable bonds is 5. The summed E-state index contributed by atoms with van der Waals surface area (Å²) >= 11 is 3.46. The SMILES string of the molecule is COc1cc(Br)c(/C=C/C(=O)c2ccccc2)cc1OC. The van der Waals surface area contributed by atoms with Crippen LogP contribution >= 0.6 is 15.9 Å². The fourth-order valence-corrected chi connectivity index (χ4v) is 2.32. The highest BCUT2D eigenvalue weighted by Crippen LogP contribution is 2.33. The van der Waals surface area contributed by atoms with Crippen LogP contribution in [-0.2, 0) is 0 Å². The number of carbonyl (C=O) groups excluding carboxylic acids is 1. The van der Waals surface area contributed by atoms with E-state index in [-0.39, 0.29) is 5.78 Å². The van der Waals surface area contributed by atoms with Gasteiger partial charge in [0.25, 0.3) is 0 Å². The maximum Gasteiger partial charge on any atom is 0.185 e. The van der Waals surface area contributed by atoms with Gasteiger partial charge in [-0.2, -0.15) is 0 Å². The Balaban J connectivity index is 2.27. The van der Waals surface area contributed by atoms with E-state index in [0.29, 0.717) is 17.1 Å². The van der Waals surface area contributed by atoms with E-state index in [4.69, 9.17) is 9.47 Å². The number of hydrogen-bond donors (Lipinski definition) is 0. The average molecular weight is 347 g/mol. The molecule has 0 N–H and O–H groups in total. The summed E-state index contributed by atoms with van der Waals surface area (Å²) in [4.78, 5) is 12.0. The number of hydrogen-bond acceptors (Lipinski definition) is 3. The van der Waals surface area contributed by atoms with Gasteiger partial charge in [0.2, 0.25) is 0 Å². The molecule has 0 heterocycles. The van der Waals surface area contributed by atoms with Crippen LogP contribution in [0.5, 0.6) is 11.5 Å². The number of benzene rings is 2. The minimum absolute atomic E-state index is 0.0442. The Morgan fingerprint density at radius 1 is 1.05 bits per heavy atom. The van der Waals surface area contributed by atoms with E-state index in [1.54, 1.807) is 38.5 Å². The van der Waals surface area contributed by atoms with Gasteiger partial charge < -0.3 is 9.47 Å². The van der Waals surface area contributed by atoms with Gasteiger partial charge >= 0.3 is 0 Å². The lowest BCUT2D eigenvalue weighted by Gasteiger charge is -2.09. The standard InChI is InChI=1S/C17H15BrO3/c1-20-16-10-13(14(18)11-17(16)21-2)8-9-15(19)12-6-4-3-5-7-12/h3-11H,1-2H3/b9-8+. The van der Waals surface area contributed by atoms with E-state index in [0.717, 1.165) is 10.0 Å².